The fourth-order valence-corrected chi connectivity index (χ4v) is 2.30. The number of aromatic nitrogens is 1. The van der Waals surface area contributed by atoms with E-state index in [-0.39, 0.29) is 6.61 Å². The molecule has 0 aliphatic rings. The van der Waals surface area contributed by atoms with Crippen LogP contribution in [0.4, 0.5) is 0 Å². The van der Waals surface area contributed by atoms with Crippen LogP contribution in [0.5, 0.6) is 0 Å². The minimum atomic E-state index is -0.226. The Labute approximate surface area is 107 Å². The van der Waals surface area contributed by atoms with Gasteiger partial charge in [-0.15, -0.1) is 0 Å². The largest absolute Gasteiger partial charge is 0.388 e. The van der Waals surface area contributed by atoms with E-state index in [0.717, 1.165) is 0 Å². The lowest BCUT2D eigenvalue weighted by molar-refractivity contribution is 0.229. The molecule has 0 spiro atoms. The molecule has 0 atom stereocenters. The van der Waals surface area contributed by atoms with Gasteiger partial charge in [-0.05, 0) is 12.1 Å². The van der Waals surface area contributed by atoms with Crippen LogP contribution in [-0.2, 0) is 6.61 Å². The third-order valence-corrected chi connectivity index (χ3v) is 2.79. The number of halogens is 3. The lowest BCUT2D eigenvalue weighted by Crippen LogP contribution is -1.82. The number of nitrogens with zero attached hydrogens (tertiary/aromatic N) is 1. The second kappa shape index (κ2) is 4.63. The summed E-state index contributed by atoms with van der Waals surface area (Å²) < 4.78 is 4.86. The summed E-state index contributed by atoms with van der Waals surface area (Å²) in [6.07, 6.45) is 0. The lowest BCUT2D eigenvalue weighted by atomic mass is 10.1. The molecule has 0 saturated heterocycles. The van der Waals surface area contributed by atoms with E-state index in [0.29, 0.717) is 32.1 Å². The number of aliphatic hydroxyl groups excluding tert-OH is 1. The highest BCUT2D eigenvalue weighted by molar-refractivity contribution is 6.41. The summed E-state index contributed by atoms with van der Waals surface area (Å²) in [5.41, 5.74) is 1.01. The molecule has 2 aromatic rings. The highest BCUT2D eigenvalue weighted by atomic mass is 35.5. The zero-order valence-corrected chi connectivity index (χ0v) is 10.1. The van der Waals surface area contributed by atoms with Gasteiger partial charge in [0.15, 0.2) is 5.76 Å². The van der Waals surface area contributed by atoms with Crippen LogP contribution in [0.1, 0.15) is 5.76 Å². The first-order valence-electron chi connectivity index (χ1n) is 4.33. The Balaban J connectivity index is 2.55. The van der Waals surface area contributed by atoms with Crippen molar-refractivity contribution >= 4 is 34.8 Å². The second-order valence-corrected chi connectivity index (χ2v) is 4.33. The molecule has 1 aromatic heterocycles. The number of hydrogen-bond donors (Lipinski definition) is 1. The minimum absolute atomic E-state index is 0.226. The Bertz CT molecular complexity index is 502. The van der Waals surface area contributed by atoms with Crippen LogP contribution in [0.2, 0.25) is 15.1 Å². The van der Waals surface area contributed by atoms with Gasteiger partial charge in [-0.25, -0.2) is 0 Å². The van der Waals surface area contributed by atoms with Crippen LogP contribution in [0.15, 0.2) is 22.7 Å². The molecule has 3 nitrogen and oxygen atoms in total. The molecule has 1 heterocycles. The highest BCUT2D eigenvalue weighted by Crippen LogP contribution is 2.36. The van der Waals surface area contributed by atoms with Crippen LogP contribution in [0.3, 0.4) is 0 Å². The Morgan fingerprint density at radius 3 is 2.25 bits per heavy atom. The van der Waals surface area contributed by atoms with Crippen molar-refractivity contribution < 1.29 is 9.63 Å². The van der Waals surface area contributed by atoms with Gasteiger partial charge < -0.3 is 9.63 Å². The second-order valence-electron chi connectivity index (χ2n) is 3.08. The van der Waals surface area contributed by atoms with E-state index in [1.54, 1.807) is 18.2 Å². The first-order valence-corrected chi connectivity index (χ1v) is 5.46. The van der Waals surface area contributed by atoms with E-state index >= 15 is 0 Å². The summed E-state index contributed by atoms with van der Waals surface area (Å²) in [5, 5.41) is 13.8. The summed E-state index contributed by atoms with van der Waals surface area (Å²) in [6, 6.07) is 4.70. The molecule has 0 bridgehead atoms. The Morgan fingerprint density at radius 2 is 1.75 bits per heavy atom. The quantitative estimate of drug-likeness (QED) is 0.909. The van der Waals surface area contributed by atoms with Crippen molar-refractivity contribution in [2.24, 2.45) is 0 Å². The van der Waals surface area contributed by atoms with Crippen molar-refractivity contribution in [1.29, 1.82) is 0 Å². The van der Waals surface area contributed by atoms with Crippen molar-refractivity contribution in [1.82, 2.24) is 5.16 Å². The van der Waals surface area contributed by atoms with Crippen LogP contribution in [0, 0.1) is 0 Å². The minimum Gasteiger partial charge on any atom is -0.388 e. The lowest BCUT2D eigenvalue weighted by Gasteiger charge is -2.03. The average molecular weight is 279 g/mol. The van der Waals surface area contributed by atoms with Gasteiger partial charge in [0.05, 0.1) is 10.0 Å². The van der Waals surface area contributed by atoms with Gasteiger partial charge >= 0.3 is 0 Å². The maximum Gasteiger partial charge on any atom is 0.162 e. The average Bonchev–Trinajstić information content (AvgIpc) is 2.64. The van der Waals surface area contributed by atoms with Gasteiger partial charge in [-0.3, -0.25) is 0 Å². The van der Waals surface area contributed by atoms with Crippen LogP contribution in [-0.4, -0.2) is 10.3 Å². The summed E-state index contributed by atoms with van der Waals surface area (Å²) >= 11 is 17.8. The summed E-state index contributed by atoms with van der Waals surface area (Å²) in [6.45, 7) is -0.226. The number of aliphatic hydroxyl groups is 1. The van der Waals surface area contributed by atoms with E-state index in [9.17, 15) is 0 Å². The van der Waals surface area contributed by atoms with Gasteiger partial charge in [0.25, 0.3) is 0 Å². The van der Waals surface area contributed by atoms with Gasteiger partial charge in [-0.1, -0.05) is 40.0 Å². The molecule has 0 amide bonds. The molecule has 0 aliphatic carbocycles. The van der Waals surface area contributed by atoms with E-state index in [1.807, 2.05) is 0 Å². The van der Waals surface area contributed by atoms with Crippen molar-refractivity contribution in [3.63, 3.8) is 0 Å². The molecular formula is C10H6Cl3NO2. The molecule has 1 aromatic carbocycles. The standard InChI is InChI=1S/C10H6Cl3NO2/c11-5-1-7(12)10(8(13)2-5)9-3-6(4-15)16-14-9/h1-3,15H,4H2. The smallest absolute Gasteiger partial charge is 0.162 e. The Hall–Kier alpha value is -0.740. The van der Waals surface area contributed by atoms with Crippen molar-refractivity contribution in [2.45, 2.75) is 6.61 Å². The molecule has 2 rings (SSSR count). The fourth-order valence-electron chi connectivity index (χ4n) is 1.29. The monoisotopic (exact) mass is 277 g/mol. The van der Waals surface area contributed by atoms with E-state index in [1.165, 1.54) is 0 Å². The molecule has 6 heteroatoms. The molecule has 84 valence electrons. The Kier molecular flexibility index (Phi) is 3.40. The molecular weight excluding hydrogens is 272 g/mol. The Morgan fingerprint density at radius 1 is 1.12 bits per heavy atom. The topological polar surface area (TPSA) is 46.3 Å². The molecule has 0 saturated carbocycles. The van der Waals surface area contributed by atoms with Gasteiger partial charge in [0.2, 0.25) is 0 Å². The van der Waals surface area contributed by atoms with E-state index in [4.69, 9.17) is 44.4 Å². The fraction of sp³-hybridized carbons (Fsp3) is 0.100. The van der Waals surface area contributed by atoms with Crippen molar-refractivity contribution in [3.8, 4) is 11.3 Å². The summed E-state index contributed by atoms with van der Waals surface area (Å²) in [5.74, 6) is 0.345. The third-order valence-electron chi connectivity index (χ3n) is 1.98. The molecule has 1 N–H and O–H groups in total. The van der Waals surface area contributed by atoms with Crippen LogP contribution >= 0.6 is 34.8 Å². The third kappa shape index (κ3) is 2.18. The summed E-state index contributed by atoms with van der Waals surface area (Å²) in [7, 11) is 0. The molecule has 0 fully saturated rings. The predicted octanol–water partition coefficient (Wildman–Crippen LogP) is 3.79. The number of rotatable bonds is 2. The maximum absolute atomic E-state index is 8.86. The normalized spacial score (nSPS) is 10.8. The first kappa shape index (κ1) is 11.7. The molecule has 0 radical (unpaired) electrons. The van der Waals surface area contributed by atoms with Crippen LogP contribution in [0.25, 0.3) is 11.3 Å². The molecule has 0 unspecified atom stereocenters. The van der Waals surface area contributed by atoms with Crippen molar-refractivity contribution in [2.75, 3.05) is 0 Å². The van der Waals surface area contributed by atoms with Crippen molar-refractivity contribution in [3.05, 3.63) is 39.0 Å². The molecule has 16 heavy (non-hydrogen) atoms. The highest BCUT2D eigenvalue weighted by Gasteiger charge is 2.14. The predicted molar refractivity (Wildman–Crippen MR) is 62.9 cm³/mol. The van der Waals surface area contributed by atoms with E-state index in [2.05, 4.69) is 5.16 Å². The van der Waals surface area contributed by atoms with Gasteiger partial charge in [0.1, 0.15) is 12.3 Å². The van der Waals surface area contributed by atoms with Gasteiger partial charge in [-0.2, -0.15) is 0 Å². The van der Waals surface area contributed by atoms with Crippen LogP contribution < -0.4 is 0 Å². The SMILES string of the molecule is OCc1cc(-c2c(Cl)cc(Cl)cc2Cl)no1. The zero-order valence-electron chi connectivity index (χ0n) is 7.88. The number of hydrogen-bond acceptors (Lipinski definition) is 3. The van der Waals surface area contributed by atoms with E-state index < -0.39 is 0 Å². The zero-order chi connectivity index (χ0) is 11.7. The maximum atomic E-state index is 8.86. The summed E-state index contributed by atoms with van der Waals surface area (Å²) in [4.78, 5) is 0. The number of benzene rings is 1. The van der Waals surface area contributed by atoms with Gasteiger partial charge in [0, 0.05) is 16.7 Å². The molecule has 0 aliphatic heterocycles. The first-order chi connectivity index (χ1) is 7.61.